The number of ether oxygens (including phenoxy) is 1. The van der Waals surface area contributed by atoms with Crippen molar-refractivity contribution in [1.82, 2.24) is 10.6 Å². The number of amides is 1. The number of rotatable bonds is 6. The lowest BCUT2D eigenvalue weighted by Gasteiger charge is -2.22. The summed E-state index contributed by atoms with van der Waals surface area (Å²) >= 11 is 0. The third-order valence-electron chi connectivity index (χ3n) is 3.07. The van der Waals surface area contributed by atoms with Gasteiger partial charge in [0.15, 0.2) is 0 Å². The highest BCUT2D eigenvalue weighted by Gasteiger charge is 2.15. The lowest BCUT2D eigenvalue weighted by atomic mass is 10.1. The quantitative estimate of drug-likeness (QED) is 0.696. The van der Waals surface area contributed by atoms with Gasteiger partial charge < -0.3 is 24.9 Å². The molecule has 2 rings (SSSR count). The number of aromatic carboxylic acids is 1. The molecule has 110 valence electrons. The van der Waals surface area contributed by atoms with Crippen LogP contribution in [0.15, 0.2) is 16.5 Å². The van der Waals surface area contributed by atoms with Crippen molar-refractivity contribution in [3.8, 4) is 0 Å². The van der Waals surface area contributed by atoms with E-state index in [0.29, 0.717) is 5.76 Å². The van der Waals surface area contributed by atoms with Gasteiger partial charge in [0.25, 0.3) is 0 Å². The number of carbonyl (C=O) groups is 2. The van der Waals surface area contributed by atoms with E-state index in [0.717, 1.165) is 25.9 Å². The maximum absolute atomic E-state index is 11.6. The molecule has 7 heteroatoms. The van der Waals surface area contributed by atoms with E-state index in [4.69, 9.17) is 14.3 Å². The zero-order valence-corrected chi connectivity index (χ0v) is 11.1. The van der Waals surface area contributed by atoms with Gasteiger partial charge >= 0.3 is 5.97 Å². The first-order chi connectivity index (χ1) is 9.65. The molecule has 1 amide bonds. The second kappa shape index (κ2) is 7.06. The van der Waals surface area contributed by atoms with Gasteiger partial charge in [0.1, 0.15) is 12.4 Å². The van der Waals surface area contributed by atoms with Crippen LogP contribution >= 0.6 is 0 Å². The first kappa shape index (κ1) is 14.5. The van der Waals surface area contributed by atoms with Crippen molar-refractivity contribution in [3.05, 3.63) is 23.7 Å². The molecular formula is C13H18N2O5. The third-order valence-corrected chi connectivity index (χ3v) is 3.07. The smallest absolute Gasteiger partial charge is 0.371 e. The Balaban J connectivity index is 1.67. The number of furan rings is 1. The Kier molecular flexibility index (Phi) is 5.14. The van der Waals surface area contributed by atoms with Gasteiger partial charge in [-0.05, 0) is 38.1 Å². The highest BCUT2D eigenvalue weighted by atomic mass is 16.5. The van der Waals surface area contributed by atoms with E-state index < -0.39 is 5.97 Å². The van der Waals surface area contributed by atoms with E-state index in [1.54, 1.807) is 0 Å². The van der Waals surface area contributed by atoms with Crippen molar-refractivity contribution in [2.24, 2.45) is 0 Å². The van der Waals surface area contributed by atoms with E-state index in [1.165, 1.54) is 12.1 Å². The molecule has 1 aromatic heterocycles. The number of hydrogen-bond acceptors (Lipinski definition) is 5. The molecule has 1 fully saturated rings. The predicted octanol–water partition coefficient (Wildman–Crippen LogP) is 0.363. The van der Waals surface area contributed by atoms with Gasteiger partial charge in [-0.1, -0.05) is 0 Å². The second-order valence-corrected chi connectivity index (χ2v) is 4.61. The molecule has 0 saturated carbocycles. The fraction of sp³-hybridized carbons (Fsp3) is 0.538. The van der Waals surface area contributed by atoms with Crippen LogP contribution in [0.4, 0.5) is 0 Å². The summed E-state index contributed by atoms with van der Waals surface area (Å²) in [6, 6.07) is 2.88. The minimum Gasteiger partial charge on any atom is -0.475 e. The van der Waals surface area contributed by atoms with Crippen molar-refractivity contribution in [3.63, 3.8) is 0 Å². The van der Waals surface area contributed by atoms with Crippen molar-refractivity contribution in [2.45, 2.75) is 25.5 Å². The van der Waals surface area contributed by atoms with Crippen LogP contribution in [0.2, 0.25) is 0 Å². The Morgan fingerprint density at radius 2 is 2.15 bits per heavy atom. The topological polar surface area (TPSA) is 101 Å². The van der Waals surface area contributed by atoms with Crippen LogP contribution in [0.3, 0.4) is 0 Å². The molecule has 0 bridgehead atoms. The average molecular weight is 282 g/mol. The Hall–Kier alpha value is -1.86. The summed E-state index contributed by atoms with van der Waals surface area (Å²) in [7, 11) is 0. The van der Waals surface area contributed by atoms with Gasteiger partial charge in [-0.25, -0.2) is 4.79 Å². The number of carboxylic acids is 1. The molecule has 0 aromatic carbocycles. The van der Waals surface area contributed by atoms with E-state index in [2.05, 4.69) is 10.6 Å². The first-order valence-corrected chi connectivity index (χ1v) is 6.56. The number of carbonyl (C=O) groups excluding carboxylic acids is 1. The van der Waals surface area contributed by atoms with Crippen molar-refractivity contribution in [1.29, 1.82) is 0 Å². The molecular weight excluding hydrogens is 264 g/mol. The molecule has 3 N–H and O–H groups in total. The SMILES string of the molecule is O=C(COC1CCNCC1)NCc1ccc(C(=O)O)o1. The molecule has 20 heavy (non-hydrogen) atoms. The monoisotopic (exact) mass is 282 g/mol. The molecule has 2 heterocycles. The molecule has 7 nitrogen and oxygen atoms in total. The number of piperidine rings is 1. The summed E-state index contributed by atoms with van der Waals surface area (Å²) in [4.78, 5) is 22.2. The van der Waals surface area contributed by atoms with Crippen LogP contribution < -0.4 is 10.6 Å². The van der Waals surface area contributed by atoms with Crippen LogP contribution in [0.5, 0.6) is 0 Å². The van der Waals surface area contributed by atoms with Crippen molar-refractivity contribution < 1.29 is 23.8 Å². The van der Waals surface area contributed by atoms with Gasteiger partial charge in [0.05, 0.1) is 12.6 Å². The standard InChI is InChI=1S/C13H18N2O5/c16-12(8-19-9-3-5-14-6-4-9)15-7-10-1-2-11(20-10)13(17)18/h1-2,9,14H,3-8H2,(H,15,16)(H,17,18). The van der Waals surface area contributed by atoms with Crippen LogP contribution in [0, 0.1) is 0 Å². The van der Waals surface area contributed by atoms with E-state index in [-0.39, 0.29) is 30.9 Å². The molecule has 0 unspecified atom stereocenters. The number of hydrogen-bond donors (Lipinski definition) is 3. The molecule has 1 aliphatic heterocycles. The Morgan fingerprint density at radius 1 is 1.40 bits per heavy atom. The van der Waals surface area contributed by atoms with Gasteiger partial charge in [0.2, 0.25) is 11.7 Å². The van der Waals surface area contributed by atoms with Crippen LogP contribution in [-0.4, -0.2) is 42.8 Å². The van der Waals surface area contributed by atoms with Gasteiger partial charge in [-0.2, -0.15) is 0 Å². The average Bonchev–Trinajstić information content (AvgIpc) is 2.93. The Labute approximate surface area is 116 Å². The number of nitrogens with one attached hydrogen (secondary N) is 2. The summed E-state index contributed by atoms with van der Waals surface area (Å²) in [5.74, 6) is -1.11. The van der Waals surface area contributed by atoms with Crippen molar-refractivity contribution >= 4 is 11.9 Å². The highest BCUT2D eigenvalue weighted by Crippen LogP contribution is 2.08. The van der Waals surface area contributed by atoms with Crippen LogP contribution in [-0.2, 0) is 16.1 Å². The largest absolute Gasteiger partial charge is 0.475 e. The molecule has 1 aromatic rings. The fourth-order valence-electron chi connectivity index (χ4n) is 1.98. The summed E-state index contributed by atoms with van der Waals surface area (Å²) in [5, 5.41) is 14.5. The first-order valence-electron chi connectivity index (χ1n) is 6.56. The molecule has 0 radical (unpaired) electrons. The van der Waals surface area contributed by atoms with E-state index in [1.807, 2.05) is 0 Å². The maximum Gasteiger partial charge on any atom is 0.371 e. The van der Waals surface area contributed by atoms with E-state index in [9.17, 15) is 9.59 Å². The summed E-state index contributed by atoms with van der Waals surface area (Å²) in [6.45, 7) is 1.99. The van der Waals surface area contributed by atoms with Crippen molar-refractivity contribution in [2.75, 3.05) is 19.7 Å². The van der Waals surface area contributed by atoms with Crippen LogP contribution in [0.1, 0.15) is 29.2 Å². The highest BCUT2D eigenvalue weighted by molar-refractivity contribution is 5.84. The lowest BCUT2D eigenvalue weighted by Crippen LogP contribution is -2.35. The lowest BCUT2D eigenvalue weighted by molar-refractivity contribution is -0.128. The van der Waals surface area contributed by atoms with Crippen LogP contribution in [0.25, 0.3) is 0 Å². The van der Waals surface area contributed by atoms with E-state index >= 15 is 0 Å². The molecule has 0 spiro atoms. The summed E-state index contributed by atoms with van der Waals surface area (Å²) < 4.78 is 10.5. The Morgan fingerprint density at radius 3 is 2.80 bits per heavy atom. The minimum absolute atomic E-state index is 0.0111. The molecule has 1 saturated heterocycles. The summed E-state index contributed by atoms with van der Waals surface area (Å²) in [5.41, 5.74) is 0. The molecule has 0 aliphatic carbocycles. The van der Waals surface area contributed by atoms with Gasteiger partial charge in [0, 0.05) is 0 Å². The molecule has 0 atom stereocenters. The maximum atomic E-state index is 11.6. The fourth-order valence-corrected chi connectivity index (χ4v) is 1.98. The normalized spacial score (nSPS) is 16.0. The second-order valence-electron chi connectivity index (χ2n) is 4.61. The van der Waals surface area contributed by atoms with Gasteiger partial charge in [-0.3, -0.25) is 4.79 Å². The Bertz CT molecular complexity index is 465. The third kappa shape index (κ3) is 4.36. The minimum atomic E-state index is -1.13. The zero-order chi connectivity index (χ0) is 14.4. The van der Waals surface area contributed by atoms with Gasteiger partial charge in [-0.15, -0.1) is 0 Å². The zero-order valence-electron chi connectivity index (χ0n) is 11.1. The number of carboxylic acid groups (broad SMARTS) is 1. The predicted molar refractivity (Wildman–Crippen MR) is 69.4 cm³/mol. The molecule has 1 aliphatic rings. The summed E-state index contributed by atoms with van der Waals surface area (Å²) in [6.07, 6.45) is 1.95.